The van der Waals surface area contributed by atoms with Gasteiger partial charge in [0.25, 0.3) is 0 Å². The predicted octanol–water partition coefficient (Wildman–Crippen LogP) is 4.99. The molecule has 0 aliphatic rings. The quantitative estimate of drug-likeness (QED) is 0.374. The molecule has 1 N–H and O–H groups in total. The van der Waals surface area contributed by atoms with Crippen molar-refractivity contribution in [3.63, 3.8) is 0 Å². The molecule has 0 aliphatic carbocycles. The molecule has 2 aromatic carbocycles. The Balaban J connectivity index is 1.44. The fourth-order valence-corrected chi connectivity index (χ4v) is 3.64. The first-order valence-electron chi connectivity index (χ1n) is 8.75. The zero-order valence-electron chi connectivity index (χ0n) is 15.4. The van der Waals surface area contributed by atoms with Gasteiger partial charge in [0.15, 0.2) is 5.13 Å². The number of hydrogen-bond donors (Lipinski definition) is 1. The number of methoxy groups -OCH3 is 1. The summed E-state index contributed by atoms with van der Waals surface area (Å²) in [5.74, 6) is 0.571. The molecular formula is C22H16N2O4S. The molecule has 144 valence electrons. The molecule has 0 aliphatic heterocycles. The number of nitrogens with one attached hydrogen (secondary N) is 1. The fraction of sp³-hybridized carbons (Fsp3) is 0.0455. The summed E-state index contributed by atoms with van der Waals surface area (Å²) in [7, 11) is 1.33. The Hall–Kier alpha value is -3.71. The number of carbonyl (C=O) groups is 2. The number of aromatic nitrogens is 1. The molecule has 0 saturated heterocycles. The van der Waals surface area contributed by atoms with Crippen LogP contribution in [-0.4, -0.2) is 24.0 Å². The minimum Gasteiger partial charge on any atom is -0.465 e. The largest absolute Gasteiger partial charge is 0.465 e. The summed E-state index contributed by atoms with van der Waals surface area (Å²) in [6.07, 6.45) is 2.99. The van der Waals surface area contributed by atoms with Crippen LogP contribution in [0.5, 0.6) is 0 Å². The van der Waals surface area contributed by atoms with Gasteiger partial charge in [-0.05, 0) is 36.4 Å². The highest BCUT2D eigenvalue weighted by molar-refractivity contribution is 7.22. The number of hydrogen-bond acceptors (Lipinski definition) is 6. The van der Waals surface area contributed by atoms with Gasteiger partial charge in [-0.1, -0.05) is 41.7 Å². The summed E-state index contributed by atoms with van der Waals surface area (Å²) >= 11 is 1.28. The van der Waals surface area contributed by atoms with Crippen LogP contribution in [0.4, 0.5) is 5.13 Å². The van der Waals surface area contributed by atoms with Gasteiger partial charge in [0, 0.05) is 11.6 Å². The molecule has 0 radical (unpaired) electrons. The van der Waals surface area contributed by atoms with E-state index in [1.54, 1.807) is 30.3 Å². The van der Waals surface area contributed by atoms with Crippen LogP contribution in [-0.2, 0) is 9.53 Å². The van der Waals surface area contributed by atoms with Crippen LogP contribution in [0.2, 0.25) is 0 Å². The van der Waals surface area contributed by atoms with E-state index in [2.05, 4.69) is 10.3 Å². The second-order valence-electron chi connectivity index (χ2n) is 6.08. The van der Waals surface area contributed by atoms with Crippen LogP contribution < -0.4 is 5.32 Å². The van der Waals surface area contributed by atoms with Gasteiger partial charge in [0.05, 0.1) is 22.9 Å². The minimum absolute atomic E-state index is 0.324. The van der Waals surface area contributed by atoms with Crippen molar-refractivity contribution in [2.45, 2.75) is 0 Å². The number of anilines is 1. The minimum atomic E-state index is -0.415. The number of ether oxygens (including phenoxy) is 1. The van der Waals surface area contributed by atoms with Gasteiger partial charge in [-0.15, -0.1) is 0 Å². The molecule has 0 unspecified atom stereocenters. The third-order valence-electron chi connectivity index (χ3n) is 4.12. The average molecular weight is 404 g/mol. The number of fused-ring (bicyclic) bond motifs is 1. The number of esters is 1. The highest BCUT2D eigenvalue weighted by Crippen LogP contribution is 2.27. The molecule has 0 fully saturated rings. The number of rotatable bonds is 5. The molecule has 0 spiro atoms. The topological polar surface area (TPSA) is 81.4 Å². The lowest BCUT2D eigenvalue weighted by molar-refractivity contribution is -0.111. The van der Waals surface area contributed by atoms with E-state index in [-0.39, 0.29) is 5.91 Å². The normalized spacial score (nSPS) is 11.1. The van der Waals surface area contributed by atoms with Crippen molar-refractivity contribution in [3.8, 4) is 11.3 Å². The SMILES string of the molecule is COC(=O)c1ccc2nc(NC(=O)/C=C/c3ccc(-c4ccccc4)o3)sc2c1. The van der Waals surface area contributed by atoms with Crippen molar-refractivity contribution < 1.29 is 18.7 Å². The summed E-state index contributed by atoms with van der Waals surface area (Å²) in [5.41, 5.74) is 2.10. The van der Waals surface area contributed by atoms with E-state index < -0.39 is 5.97 Å². The van der Waals surface area contributed by atoms with Crippen molar-refractivity contribution in [1.29, 1.82) is 0 Å². The first-order chi connectivity index (χ1) is 14.1. The highest BCUT2D eigenvalue weighted by atomic mass is 32.1. The molecule has 0 saturated carbocycles. The molecule has 2 heterocycles. The molecule has 4 aromatic rings. The lowest BCUT2D eigenvalue weighted by atomic mass is 10.2. The Bertz CT molecular complexity index is 1210. The van der Waals surface area contributed by atoms with Gasteiger partial charge in [-0.3, -0.25) is 10.1 Å². The third-order valence-corrected chi connectivity index (χ3v) is 5.06. The van der Waals surface area contributed by atoms with E-state index in [1.807, 2.05) is 36.4 Å². The smallest absolute Gasteiger partial charge is 0.337 e. The molecular weight excluding hydrogens is 388 g/mol. The standard InChI is InChI=1S/C22H16N2O4S/c1-27-21(26)15-7-10-17-19(13-15)29-22(23-17)24-20(25)12-9-16-8-11-18(28-16)14-5-3-2-4-6-14/h2-13H,1H3,(H,23,24,25)/b12-9+. The number of nitrogens with zero attached hydrogens (tertiary/aromatic N) is 1. The van der Waals surface area contributed by atoms with Crippen LogP contribution in [0, 0.1) is 0 Å². The molecule has 29 heavy (non-hydrogen) atoms. The number of carbonyl (C=O) groups excluding carboxylic acids is 2. The molecule has 6 nitrogen and oxygen atoms in total. The van der Waals surface area contributed by atoms with E-state index in [0.717, 1.165) is 16.0 Å². The summed E-state index contributed by atoms with van der Waals surface area (Å²) in [6.45, 7) is 0. The third kappa shape index (κ3) is 4.25. The Labute approximate surface area is 170 Å². The average Bonchev–Trinajstić information content (AvgIpc) is 3.38. The monoisotopic (exact) mass is 404 g/mol. The summed E-state index contributed by atoms with van der Waals surface area (Å²) in [6, 6.07) is 18.4. The first kappa shape index (κ1) is 18.6. The summed E-state index contributed by atoms with van der Waals surface area (Å²) in [4.78, 5) is 28.2. The molecule has 0 bridgehead atoms. The maximum absolute atomic E-state index is 12.2. The summed E-state index contributed by atoms with van der Waals surface area (Å²) in [5, 5.41) is 3.17. The van der Waals surface area contributed by atoms with Crippen molar-refractivity contribution in [2.24, 2.45) is 0 Å². The number of thiazole rings is 1. The second kappa shape index (κ2) is 8.12. The Morgan fingerprint density at radius 2 is 1.93 bits per heavy atom. The zero-order chi connectivity index (χ0) is 20.2. The van der Waals surface area contributed by atoms with E-state index in [9.17, 15) is 9.59 Å². The molecule has 7 heteroatoms. The van der Waals surface area contributed by atoms with E-state index in [4.69, 9.17) is 9.15 Å². The molecule has 1 amide bonds. The van der Waals surface area contributed by atoms with Crippen LogP contribution in [0.15, 0.2) is 71.2 Å². The maximum atomic E-state index is 12.2. The van der Waals surface area contributed by atoms with Gasteiger partial charge in [-0.25, -0.2) is 9.78 Å². The summed E-state index contributed by atoms with van der Waals surface area (Å²) < 4.78 is 11.2. The Kier molecular flexibility index (Phi) is 5.22. The zero-order valence-corrected chi connectivity index (χ0v) is 16.2. The number of furan rings is 1. The first-order valence-corrected chi connectivity index (χ1v) is 9.57. The van der Waals surface area contributed by atoms with E-state index >= 15 is 0 Å². The number of amides is 1. The lowest BCUT2D eigenvalue weighted by Crippen LogP contribution is -2.07. The van der Waals surface area contributed by atoms with Crippen LogP contribution in [0.3, 0.4) is 0 Å². The van der Waals surface area contributed by atoms with Crippen LogP contribution in [0.1, 0.15) is 16.1 Å². The highest BCUT2D eigenvalue weighted by Gasteiger charge is 2.11. The van der Waals surface area contributed by atoms with E-state index in [1.165, 1.54) is 24.5 Å². The van der Waals surface area contributed by atoms with Gasteiger partial charge in [-0.2, -0.15) is 0 Å². The predicted molar refractivity (Wildman–Crippen MR) is 113 cm³/mol. The van der Waals surface area contributed by atoms with Crippen molar-refractivity contribution in [2.75, 3.05) is 12.4 Å². The number of benzene rings is 2. The van der Waals surface area contributed by atoms with Crippen LogP contribution >= 0.6 is 11.3 Å². The molecule has 4 rings (SSSR count). The van der Waals surface area contributed by atoms with Gasteiger partial charge in [0.1, 0.15) is 11.5 Å². The second-order valence-corrected chi connectivity index (χ2v) is 7.11. The van der Waals surface area contributed by atoms with Gasteiger partial charge >= 0.3 is 5.97 Å². The lowest BCUT2D eigenvalue weighted by Gasteiger charge is -1.97. The molecule has 0 atom stereocenters. The van der Waals surface area contributed by atoms with Crippen molar-refractivity contribution >= 4 is 44.6 Å². The van der Waals surface area contributed by atoms with Gasteiger partial charge in [0.2, 0.25) is 5.91 Å². The van der Waals surface area contributed by atoms with Crippen LogP contribution in [0.25, 0.3) is 27.6 Å². The van der Waals surface area contributed by atoms with Gasteiger partial charge < -0.3 is 9.15 Å². The van der Waals surface area contributed by atoms with Crippen molar-refractivity contribution in [3.05, 3.63) is 78.1 Å². The Morgan fingerprint density at radius 1 is 1.10 bits per heavy atom. The molecule has 2 aromatic heterocycles. The fourth-order valence-electron chi connectivity index (χ4n) is 2.73. The Morgan fingerprint density at radius 3 is 2.72 bits per heavy atom. The van der Waals surface area contributed by atoms with Crippen molar-refractivity contribution in [1.82, 2.24) is 4.98 Å². The van der Waals surface area contributed by atoms with E-state index in [0.29, 0.717) is 22.0 Å². The maximum Gasteiger partial charge on any atom is 0.337 e.